The SMILES string of the molecule is Cc1cc(S(=O)(=O)N2CCc3ccccc32)ccc1OCC(=O)N1C[C@@H](C(=O)NCCc2ccccc2)Oc2ccccc21. The number of rotatable bonds is 9. The van der Waals surface area contributed by atoms with Gasteiger partial charge in [-0.05, 0) is 72.9 Å². The minimum Gasteiger partial charge on any atom is -0.483 e. The fraction of sp³-hybridized carbons (Fsp3) is 0.235. The molecule has 1 atom stereocenters. The minimum absolute atomic E-state index is 0.0316. The number of carbonyl (C=O) groups excluding carboxylic acids is 2. The molecule has 0 saturated heterocycles. The van der Waals surface area contributed by atoms with E-state index in [-0.39, 0.29) is 29.9 Å². The van der Waals surface area contributed by atoms with Crippen LogP contribution in [-0.2, 0) is 32.5 Å². The molecule has 0 spiro atoms. The van der Waals surface area contributed by atoms with Gasteiger partial charge in [0, 0.05) is 13.1 Å². The fourth-order valence-electron chi connectivity index (χ4n) is 5.54. The summed E-state index contributed by atoms with van der Waals surface area (Å²) in [6.07, 6.45) is 0.460. The molecule has 0 bridgehead atoms. The largest absolute Gasteiger partial charge is 0.483 e. The number of sulfonamides is 1. The van der Waals surface area contributed by atoms with E-state index in [1.807, 2.05) is 54.6 Å². The first-order valence-corrected chi connectivity index (χ1v) is 16.0. The topological polar surface area (TPSA) is 105 Å². The van der Waals surface area contributed by atoms with Crippen molar-refractivity contribution in [3.8, 4) is 11.5 Å². The van der Waals surface area contributed by atoms with Crippen LogP contribution in [0.15, 0.2) is 102 Å². The van der Waals surface area contributed by atoms with Crippen LogP contribution >= 0.6 is 0 Å². The molecule has 0 aliphatic carbocycles. The molecule has 2 aliphatic rings. The van der Waals surface area contributed by atoms with Crippen LogP contribution in [0.4, 0.5) is 11.4 Å². The number of anilines is 2. The second-order valence-corrected chi connectivity index (χ2v) is 12.6. The Morgan fingerprint density at radius 1 is 0.932 bits per heavy atom. The Kier molecular flexibility index (Phi) is 8.25. The van der Waals surface area contributed by atoms with Crippen LogP contribution in [0.2, 0.25) is 0 Å². The fourth-order valence-corrected chi connectivity index (χ4v) is 7.13. The highest BCUT2D eigenvalue weighted by atomic mass is 32.2. The molecule has 0 fully saturated rings. The van der Waals surface area contributed by atoms with Crippen molar-refractivity contribution in [3.63, 3.8) is 0 Å². The third-order valence-corrected chi connectivity index (χ3v) is 9.66. The second-order valence-electron chi connectivity index (χ2n) is 10.8. The van der Waals surface area contributed by atoms with E-state index in [0.29, 0.717) is 54.4 Å². The first-order chi connectivity index (χ1) is 21.3. The van der Waals surface area contributed by atoms with E-state index in [0.717, 1.165) is 11.1 Å². The molecule has 10 heteroatoms. The van der Waals surface area contributed by atoms with E-state index in [9.17, 15) is 18.0 Å². The van der Waals surface area contributed by atoms with Gasteiger partial charge in [-0.25, -0.2) is 8.42 Å². The zero-order valence-electron chi connectivity index (χ0n) is 24.3. The molecule has 44 heavy (non-hydrogen) atoms. The molecule has 0 unspecified atom stereocenters. The van der Waals surface area contributed by atoms with Gasteiger partial charge in [0.25, 0.3) is 21.8 Å². The van der Waals surface area contributed by atoms with Gasteiger partial charge in [0.05, 0.1) is 22.8 Å². The van der Waals surface area contributed by atoms with Crippen molar-refractivity contribution >= 4 is 33.2 Å². The van der Waals surface area contributed by atoms with Crippen molar-refractivity contribution in [2.45, 2.75) is 30.8 Å². The van der Waals surface area contributed by atoms with Crippen LogP contribution in [0.1, 0.15) is 16.7 Å². The summed E-state index contributed by atoms with van der Waals surface area (Å²) >= 11 is 0. The van der Waals surface area contributed by atoms with Crippen LogP contribution < -0.4 is 24.0 Å². The van der Waals surface area contributed by atoms with Crippen molar-refractivity contribution in [2.75, 3.05) is 35.4 Å². The van der Waals surface area contributed by atoms with Crippen molar-refractivity contribution in [1.29, 1.82) is 0 Å². The molecule has 0 saturated carbocycles. The van der Waals surface area contributed by atoms with Crippen molar-refractivity contribution < 1.29 is 27.5 Å². The van der Waals surface area contributed by atoms with Crippen LogP contribution in [0, 0.1) is 6.92 Å². The monoisotopic (exact) mass is 611 g/mol. The number of aryl methyl sites for hydroxylation is 1. The van der Waals surface area contributed by atoms with E-state index in [1.54, 1.807) is 43.3 Å². The van der Waals surface area contributed by atoms with Gasteiger partial charge in [0.15, 0.2) is 12.7 Å². The number of benzene rings is 4. The van der Waals surface area contributed by atoms with Gasteiger partial charge in [-0.3, -0.25) is 13.9 Å². The number of nitrogens with one attached hydrogen (secondary N) is 1. The zero-order chi connectivity index (χ0) is 30.7. The summed E-state index contributed by atoms with van der Waals surface area (Å²) < 4.78 is 40.2. The summed E-state index contributed by atoms with van der Waals surface area (Å²) in [4.78, 5) is 28.1. The maximum absolute atomic E-state index is 13.5. The highest BCUT2D eigenvalue weighted by Gasteiger charge is 2.34. The van der Waals surface area contributed by atoms with Crippen LogP contribution in [0.25, 0.3) is 0 Å². The Morgan fingerprint density at radius 3 is 2.45 bits per heavy atom. The molecule has 4 aromatic carbocycles. The Labute approximate surface area is 257 Å². The first-order valence-electron chi connectivity index (χ1n) is 14.5. The molecule has 226 valence electrons. The summed E-state index contributed by atoms with van der Waals surface area (Å²) in [7, 11) is -3.76. The quantitative estimate of drug-likeness (QED) is 0.303. The Bertz CT molecular complexity index is 1790. The molecule has 0 radical (unpaired) electrons. The average molecular weight is 612 g/mol. The van der Waals surface area contributed by atoms with Gasteiger partial charge in [0.2, 0.25) is 0 Å². The number of ether oxygens (including phenoxy) is 2. The lowest BCUT2D eigenvalue weighted by Gasteiger charge is -2.34. The number of nitrogens with zero attached hydrogens (tertiary/aromatic N) is 2. The maximum Gasteiger partial charge on any atom is 0.265 e. The summed E-state index contributed by atoms with van der Waals surface area (Å²) in [5, 5.41) is 2.91. The third kappa shape index (κ3) is 5.98. The van der Waals surface area contributed by atoms with Crippen LogP contribution in [0.3, 0.4) is 0 Å². The number of amides is 2. The smallest absolute Gasteiger partial charge is 0.265 e. The van der Waals surface area contributed by atoms with Crippen molar-refractivity contribution in [2.24, 2.45) is 0 Å². The van der Waals surface area contributed by atoms with E-state index in [4.69, 9.17) is 9.47 Å². The first kappa shape index (κ1) is 29.3. The molecule has 9 nitrogen and oxygen atoms in total. The molecule has 6 rings (SSSR count). The van der Waals surface area contributed by atoms with Crippen LogP contribution in [0.5, 0.6) is 11.5 Å². The van der Waals surface area contributed by atoms with Crippen molar-refractivity contribution in [3.05, 3.63) is 114 Å². The van der Waals surface area contributed by atoms with E-state index < -0.39 is 16.1 Å². The molecular weight excluding hydrogens is 578 g/mol. The molecular formula is C34H33N3O6S. The highest BCUT2D eigenvalue weighted by Crippen LogP contribution is 2.35. The summed E-state index contributed by atoms with van der Waals surface area (Å²) in [6, 6.07) is 29.1. The molecule has 2 aliphatic heterocycles. The lowest BCUT2D eigenvalue weighted by Crippen LogP contribution is -2.52. The number of fused-ring (bicyclic) bond motifs is 2. The van der Waals surface area contributed by atoms with Gasteiger partial charge in [-0.15, -0.1) is 0 Å². The van der Waals surface area contributed by atoms with E-state index in [1.165, 1.54) is 15.3 Å². The molecule has 2 heterocycles. The Balaban J connectivity index is 1.11. The van der Waals surface area contributed by atoms with Gasteiger partial charge >= 0.3 is 0 Å². The summed E-state index contributed by atoms with van der Waals surface area (Å²) in [5.41, 5.74) is 3.95. The average Bonchev–Trinajstić information content (AvgIpc) is 3.49. The standard InChI is InChI=1S/C34H33N3O6S/c1-24-21-27(44(40,41)37-20-18-26-11-5-6-12-28(26)37)15-16-30(24)42-23-33(38)36-22-32(43-31-14-8-7-13-29(31)36)34(39)35-19-17-25-9-3-2-4-10-25/h2-16,21,32H,17-20,22-23H2,1H3,(H,35,39)/t32-/m0/s1. The molecule has 4 aromatic rings. The predicted octanol–water partition coefficient (Wildman–Crippen LogP) is 4.28. The lowest BCUT2D eigenvalue weighted by molar-refractivity contribution is -0.128. The summed E-state index contributed by atoms with van der Waals surface area (Å²) in [5.74, 6) is 0.176. The number of hydrogen-bond acceptors (Lipinski definition) is 6. The Morgan fingerprint density at radius 2 is 1.66 bits per heavy atom. The third-order valence-electron chi connectivity index (χ3n) is 7.85. The molecule has 0 aromatic heterocycles. The van der Waals surface area contributed by atoms with Crippen molar-refractivity contribution in [1.82, 2.24) is 5.32 Å². The van der Waals surface area contributed by atoms with E-state index >= 15 is 0 Å². The summed E-state index contributed by atoms with van der Waals surface area (Å²) in [6.45, 7) is 2.31. The molecule has 2 amide bonds. The highest BCUT2D eigenvalue weighted by molar-refractivity contribution is 7.92. The van der Waals surface area contributed by atoms with E-state index in [2.05, 4.69) is 5.32 Å². The second kappa shape index (κ2) is 12.4. The normalized spacial score (nSPS) is 15.6. The van der Waals surface area contributed by atoms with Gasteiger partial charge in [-0.2, -0.15) is 0 Å². The predicted molar refractivity (Wildman–Crippen MR) is 168 cm³/mol. The minimum atomic E-state index is -3.76. The number of carbonyl (C=O) groups is 2. The molecule has 1 N–H and O–H groups in total. The maximum atomic E-state index is 13.5. The lowest BCUT2D eigenvalue weighted by atomic mass is 10.1. The van der Waals surface area contributed by atoms with Crippen LogP contribution in [-0.4, -0.2) is 52.6 Å². The zero-order valence-corrected chi connectivity index (χ0v) is 25.1. The van der Waals surface area contributed by atoms with Gasteiger partial charge in [0.1, 0.15) is 11.5 Å². The van der Waals surface area contributed by atoms with Gasteiger partial charge < -0.3 is 19.7 Å². The van der Waals surface area contributed by atoms with Gasteiger partial charge in [-0.1, -0.05) is 60.7 Å². The number of para-hydroxylation sites is 3. The number of hydrogen-bond donors (Lipinski definition) is 1. The Hall–Kier alpha value is -4.83.